The lowest BCUT2D eigenvalue weighted by Gasteiger charge is -2.30. The van der Waals surface area contributed by atoms with Crippen LogP contribution in [0.5, 0.6) is 0 Å². The van der Waals surface area contributed by atoms with Crippen molar-refractivity contribution in [1.29, 1.82) is 0 Å². The van der Waals surface area contributed by atoms with Crippen molar-refractivity contribution in [1.82, 2.24) is 21.3 Å². The van der Waals surface area contributed by atoms with Gasteiger partial charge in [-0.15, -0.1) is 10.2 Å². The molecule has 0 aliphatic carbocycles. The fourth-order valence-corrected chi connectivity index (χ4v) is 6.97. The van der Waals surface area contributed by atoms with Crippen LogP contribution >= 0.6 is 11.8 Å². The molecule has 44 heavy (non-hydrogen) atoms. The van der Waals surface area contributed by atoms with Crippen LogP contribution in [0.4, 0.5) is 18.0 Å². The zero-order chi connectivity index (χ0) is 32.2. The van der Waals surface area contributed by atoms with E-state index in [1.165, 1.54) is 24.3 Å². The molecular weight excluding hydrogens is 597 g/mol. The zero-order valence-corrected chi connectivity index (χ0v) is 26.5. The average molecular weight is 641 g/mol. The Morgan fingerprint density at radius 3 is 2.43 bits per heavy atom. The number of hydrogen-bond acceptors (Lipinski definition) is 7. The first-order valence-electron chi connectivity index (χ1n) is 15.2. The number of urea groups is 1. The van der Waals surface area contributed by atoms with E-state index in [2.05, 4.69) is 31.5 Å². The first-order chi connectivity index (χ1) is 20.7. The molecule has 0 radical (unpaired) electrons. The molecule has 1 aromatic rings. The van der Waals surface area contributed by atoms with Crippen LogP contribution in [0.25, 0.3) is 0 Å². The molecule has 0 bridgehead atoms. The number of ether oxygens (including phenoxy) is 1. The summed E-state index contributed by atoms with van der Waals surface area (Å²) < 4.78 is 45.7. The van der Waals surface area contributed by atoms with Crippen molar-refractivity contribution >= 4 is 29.6 Å². The Labute approximate surface area is 260 Å². The summed E-state index contributed by atoms with van der Waals surface area (Å²) in [5.74, 6) is 0.720. The second kappa shape index (κ2) is 13.6. The molecule has 10 nitrogen and oxygen atoms in total. The Morgan fingerprint density at radius 2 is 1.80 bits per heavy atom. The van der Waals surface area contributed by atoms with Crippen LogP contribution < -0.4 is 21.3 Å². The minimum atomic E-state index is -4.58. The maximum Gasteiger partial charge on any atom is 0.442 e. The Bertz CT molecular complexity index is 1220. The smallest absolute Gasteiger partial charge is 0.374 e. The Balaban J connectivity index is 1.12. The summed E-state index contributed by atoms with van der Waals surface area (Å²) >= 11 is 1.87. The normalized spacial score (nSPS) is 23.3. The van der Waals surface area contributed by atoms with Gasteiger partial charge in [0.25, 0.3) is 0 Å². The second-order valence-electron chi connectivity index (χ2n) is 12.7. The lowest BCUT2D eigenvalue weighted by Crippen LogP contribution is -2.42. The van der Waals surface area contributed by atoms with Crippen molar-refractivity contribution in [3.05, 3.63) is 35.4 Å². The number of thioether (sulfide) groups is 1. The topological polar surface area (TPSA) is 133 Å². The van der Waals surface area contributed by atoms with Crippen LogP contribution in [-0.4, -0.2) is 65.9 Å². The monoisotopic (exact) mass is 640 g/mol. The van der Waals surface area contributed by atoms with Gasteiger partial charge >= 0.3 is 17.9 Å². The summed E-state index contributed by atoms with van der Waals surface area (Å²) in [6, 6.07) is 6.03. The van der Waals surface area contributed by atoms with E-state index in [1.807, 2.05) is 39.5 Å². The van der Waals surface area contributed by atoms with Gasteiger partial charge in [-0.2, -0.15) is 24.9 Å². The number of alkyl halides is 3. The number of carbonyl (C=O) groups excluding carboxylic acids is 3. The molecule has 3 aliphatic heterocycles. The number of carbonyl (C=O) groups is 3. The number of halogens is 3. The molecule has 4 N–H and O–H groups in total. The predicted molar refractivity (Wildman–Crippen MR) is 161 cm³/mol. The van der Waals surface area contributed by atoms with E-state index in [1.54, 1.807) is 0 Å². The number of nitrogens with one attached hydrogen (secondary N) is 4. The maximum atomic E-state index is 13.2. The molecule has 4 amide bonds. The molecule has 0 spiro atoms. The van der Waals surface area contributed by atoms with Crippen molar-refractivity contribution in [2.24, 2.45) is 15.6 Å². The first-order valence-corrected chi connectivity index (χ1v) is 16.2. The second-order valence-corrected chi connectivity index (χ2v) is 13.9. The quantitative estimate of drug-likeness (QED) is 0.150. The number of rotatable bonds is 16. The third-order valence-electron chi connectivity index (χ3n) is 8.77. The highest BCUT2D eigenvalue weighted by molar-refractivity contribution is 8.00. The van der Waals surface area contributed by atoms with Crippen LogP contribution in [0, 0.1) is 5.41 Å². The molecule has 4 atom stereocenters. The number of fused-ring (bicyclic) bond motifs is 1. The van der Waals surface area contributed by atoms with Crippen LogP contribution in [0.1, 0.15) is 77.3 Å². The highest BCUT2D eigenvalue weighted by Crippen LogP contribution is 2.52. The third kappa shape index (κ3) is 8.23. The van der Waals surface area contributed by atoms with Gasteiger partial charge in [-0.05, 0) is 45.1 Å². The molecule has 2 saturated heterocycles. The van der Waals surface area contributed by atoms with Crippen LogP contribution in [0.15, 0.2) is 34.5 Å². The lowest BCUT2D eigenvalue weighted by atomic mass is 9.83. The number of benzene rings is 1. The molecule has 14 heteroatoms. The highest BCUT2D eigenvalue weighted by atomic mass is 32.2. The largest absolute Gasteiger partial charge is 0.442 e. The lowest BCUT2D eigenvalue weighted by molar-refractivity contribution is -0.166. The van der Waals surface area contributed by atoms with Crippen LogP contribution in [-0.2, 0) is 26.5 Å². The fraction of sp³-hybridized carbons (Fsp3) is 0.700. The standard InChI is InChI=1S/C30H43F3N6O4S/c1-5-28(4,25(41)34-16-19-10-12-20(13-11-19)29(38-39-29)30(31,32)33)14-15-43-27(2,3)18-35-23(40)9-7-6-8-22-24-21(17-44-22)36-26(42)37-24/h10-13,21-22,24H,5-9,14-18H2,1-4H3,(H,34,41)(H,35,40)(H2,36,37,42)/t21-,22-,24-,28?/m0/s1. The summed E-state index contributed by atoms with van der Waals surface area (Å²) in [7, 11) is 0. The molecular formula is C30H43F3N6O4S. The van der Waals surface area contributed by atoms with Crippen molar-refractivity contribution in [2.45, 2.75) is 108 Å². The fourth-order valence-electron chi connectivity index (χ4n) is 5.42. The Hall–Kier alpha value is -2.87. The number of nitrogens with zero attached hydrogens (tertiary/aromatic N) is 2. The van der Waals surface area contributed by atoms with E-state index in [0.717, 1.165) is 25.0 Å². The van der Waals surface area contributed by atoms with Gasteiger partial charge < -0.3 is 26.0 Å². The summed E-state index contributed by atoms with van der Waals surface area (Å²) in [5, 5.41) is 18.6. The first kappa shape index (κ1) is 34.0. The summed E-state index contributed by atoms with van der Waals surface area (Å²) in [4.78, 5) is 37.0. The van der Waals surface area contributed by atoms with Crippen molar-refractivity contribution in [2.75, 3.05) is 18.9 Å². The SMILES string of the molecule is CCC(C)(CCOC(C)(C)CNC(=O)CCCC[C@@H]1SC[C@@H]2NC(=O)N[C@@H]21)C(=O)NCc1ccc(C2(C(F)(F)F)N=N2)cc1. The molecule has 1 unspecified atom stereocenters. The number of hydrogen-bond donors (Lipinski definition) is 4. The molecule has 0 saturated carbocycles. The van der Waals surface area contributed by atoms with Crippen molar-refractivity contribution < 1.29 is 32.3 Å². The van der Waals surface area contributed by atoms with Gasteiger partial charge in [0, 0.05) is 48.1 Å². The van der Waals surface area contributed by atoms with Gasteiger partial charge in [0.2, 0.25) is 11.8 Å². The van der Waals surface area contributed by atoms with E-state index >= 15 is 0 Å². The molecule has 3 aliphatic rings. The minimum absolute atomic E-state index is 0.0326. The minimum Gasteiger partial charge on any atom is -0.374 e. The average Bonchev–Trinajstić information content (AvgIpc) is 3.61. The summed E-state index contributed by atoms with van der Waals surface area (Å²) in [5.41, 5.74) is -3.18. The Morgan fingerprint density at radius 1 is 1.09 bits per heavy atom. The number of unbranched alkanes of at least 4 members (excludes halogenated alkanes) is 1. The molecule has 4 rings (SSSR count). The molecule has 1 aromatic carbocycles. The van der Waals surface area contributed by atoms with E-state index in [4.69, 9.17) is 4.74 Å². The molecule has 244 valence electrons. The van der Waals surface area contributed by atoms with E-state index in [9.17, 15) is 27.6 Å². The predicted octanol–water partition coefficient (Wildman–Crippen LogP) is 4.93. The zero-order valence-electron chi connectivity index (χ0n) is 25.7. The van der Waals surface area contributed by atoms with Gasteiger partial charge in [0.1, 0.15) is 0 Å². The summed E-state index contributed by atoms with van der Waals surface area (Å²) in [6.07, 6.45) is -0.477. The maximum absolute atomic E-state index is 13.2. The van der Waals surface area contributed by atoms with Gasteiger partial charge in [-0.25, -0.2) is 4.79 Å². The van der Waals surface area contributed by atoms with Gasteiger partial charge in [-0.1, -0.05) is 44.5 Å². The van der Waals surface area contributed by atoms with Crippen LogP contribution in [0.3, 0.4) is 0 Å². The van der Waals surface area contributed by atoms with E-state index < -0.39 is 22.9 Å². The van der Waals surface area contributed by atoms with Crippen molar-refractivity contribution in [3.63, 3.8) is 0 Å². The molecule has 0 aromatic heterocycles. The third-order valence-corrected chi connectivity index (χ3v) is 10.3. The van der Waals surface area contributed by atoms with Crippen LogP contribution in [0.2, 0.25) is 0 Å². The number of amides is 4. The van der Waals surface area contributed by atoms with Gasteiger partial charge in [0.15, 0.2) is 0 Å². The van der Waals surface area contributed by atoms with Gasteiger partial charge in [0.05, 0.1) is 17.7 Å². The molecule has 2 fully saturated rings. The van der Waals surface area contributed by atoms with E-state index in [0.29, 0.717) is 43.2 Å². The van der Waals surface area contributed by atoms with Crippen molar-refractivity contribution in [3.8, 4) is 0 Å². The van der Waals surface area contributed by atoms with Gasteiger partial charge in [-0.3, -0.25) is 9.59 Å². The Kier molecular flexibility index (Phi) is 10.5. The summed E-state index contributed by atoms with van der Waals surface area (Å²) in [6.45, 7) is 8.39. The van der Waals surface area contributed by atoms with E-state index in [-0.39, 0.29) is 42.0 Å². The molecule has 3 heterocycles. The highest BCUT2D eigenvalue weighted by Gasteiger charge is 2.65.